The highest BCUT2D eigenvalue weighted by Gasteiger charge is 2.52. The van der Waals surface area contributed by atoms with Gasteiger partial charge in [0.25, 0.3) is 5.91 Å². The van der Waals surface area contributed by atoms with Gasteiger partial charge in [0.2, 0.25) is 0 Å². The zero-order valence-electron chi connectivity index (χ0n) is 39.8. The van der Waals surface area contributed by atoms with E-state index in [2.05, 4.69) is 15.4 Å². The molecule has 16 N–H and O–H groups in total. The quantitative estimate of drug-likeness (QED) is 0.0734. The molecular weight excluding hydrogens is 977 g/mol. The van der Waals surface area contributed by atoms with Gasteiger partial charge in [-0.05, 0) is 63.6 Å². The number of phenols is 3. The summed E-state index contributed by atoms with van der Waals surface area (Å²) in [6, 6.07) is 2.44. The molecule has 400 valence electrons. The van der Waals surface area contributed by atoms with Crippen LogP contribution in [-0.4, -0.2) is 214 Å². The number of aromatic hydroxyl groups is 3. The summed E-state index contributed by atoms with van der Waals surface area (Å²) >= 11 is 0. The molecule has 18 atom stereocenters. The van der Waals surface area contributed by atoms with Crippen molar-refractivity contribution in [2.75, 3.05) is 20.8 Å². The van der Waals surface area contributed by atoms with Crippen molar-refractivity contribution >= 4 is 23.4 Å². The third-order valence-corrected chi connectivity index (χ3v) is 13.5. The second kappa shape index (κ2) is 21.4. The van der Waals surface area contributed by atoms with Crippen molar-refractivity contribution in [3.63, 3.8) is 0 Å². The Balaban J connectivity index is 0.000000523. The number of aliphatic hydroxyl groups excluding tert-OH is 10. The van der Waals surface area contributed by atoms with Crippen LogP contribution in [0.25, 0.3) is 11.1 Å². The van der Waals surface area contributed by atoms with Crippen molar-refractivity contribution in [3.8, 4) is 34.1 Å². The van der Waals surface area contributed by atoms with E-state index >= 15 is 0 Å². The fraction of sp³-hybridized carbons (Fsp3) is 0.532. The van der Waals surface area contributed by atoms with Crippen LogP contribution in [0, 0.1) is 6.92 Å². The first-order valence-electron chi connectivity index (χ1n) is 22.8. The topological polar surface area (TPSA) is 431 Å². The molecule has 8 rings (SSSR count). The zero-order valence-corrected chi connectivity index (χ0v) is 39.8. The Bertz CT molecular complexity index is 2630. The molecule has 0 spiro atoms. The van der Waals surface area contributed by atoms with Crippen molar-refractivity contribution in [1.82, 2.24) is 10.6 Å². The lowest BCUT2D eigenvalue weighted by atomic mass is 9.74. The predicted octanol–water partition coefficient (Wildman–Crippen LogP) is -3.44. The Labute approximate surface area is 414 Å². The third-order valence-electron chi connectivity index (χ3n) is 13.5. The van der Waals surface area contributed by atoms with Crippen LogP contribution in [-0.2, 0) is 28.5 Å². The number of fused-ring (bicyclic) bond motifs is 5. The molecule has 3 heterocycles. The van der Waals surface area contributed by atoms with Gasteiger partial charge in [0, 0.05) is 28.3 Å². The number of benzene rings is 3. The molecule has 2 aliphatic carbocycles. The monoisotopic (exact) mass is 1030 g/mol. The molecule has 0 bridgehead atoms. The number of carboxylic acids is 1. The summed E-state index contributed by atoms with van der Waals surface area (Å²) in [6.45, 7) is 5.11. The van der Waals surface area contributed by atoms with E-state index in [1.807, 2.05) is 0 Å². The highest BCUT2D eigenvalue weighted by molar-refractivity contribution is 6.31. The number of aliphatic hydroxyl groups is 10. The van der Waals surface area contributed by atoms with Crippen LogP contribution in [0.3, 0.4) is 0 Å². The smallest absolute Gasteiger partial charge is 0.325 e. The largest absolute Gasteiger partial charge is 0.507 e. The van der Waals surface area contributed by atoms with Gasteiger partial charge in [0.1, 0.15) is 96.2 Å². The molecule has 26 heteroatoms. The Morgan fingerprint density at radius 1 is 0.740 bits per heavy atom. The van der Waals surface area contributed by atoms with E-state index in [1.54, 1.807) is 6.92 Å². The minimum atomic E-state index is -1.89. The molecule has 73 heavy (non-hydrogen) atoms. The predicted molar refractivity (Wildman–Crippen MR) is 241 cm³/mol. The number of nitrogens with one attached hydrogen (secondary N) is 2. The lowest BCUT2D eigenvalue weighted by Gasteiger charge is -2.47. The van der Waals surface area contributed by atoms with Crippen LogP contribution in [0.1, 0.15) is 91.9 Å². The Morgan fingerprint density at radius 3 is 1.99 bits per heavy atom. The van der Waals surface area contributed by atoms with Crippen molar-refractivity contribution in [2.45, 2.75) is 138 Å². The van der Waals surface area contributed by atoms with Crippen LogP contribution < -0.4 is 15.4 Å². The van der Waals surface area contributed by atoms with Gasteiger partial charge in [-0.3, -0.25) is 19.2 Å². The molecule has 0 radical (unpaired) electrons. The van der Waals surface area contributed by atoms with Crippen LogP contribution >= 0.6 is 0 Å². The molecule has 3 aromatic carbocycles. The fourth-order valence-corrected chi connectivity index (χ4v) is 9.58. The van der Waals surface area contributed by atoms with E-state index in [4.69, 9.17) is 39.0 Å². The number of aryl methyl sites for hydroxylation is 1. The maximum atomic E-state index is 14.1. The summed E-state index contributed by atoms with van der Waals surface area (Å²) in [5.74, 6) is -6.63. The summed E-state index contributed by atoms with van der Waals surface area (Å²) in [6.07, 6.45) is -23.7. The van der Waals surface area contributed by atoms with E-state index in [0.717, 1.165) is 12.1 Å². The Hall–Kier alpha value is -5.50. The molecule has 0 aromatic heterocycles. The van der Waals surface area contributed by atoms with E-state index in [0.29, 0.717) is 0 Å². The van der Waals surface area contributed by atoms with Crippen LogP contribution in [0.4, 0.5) is 0 Å². The van der Waals surface area contributed by atoms with Crippen LogP contribution in [0.15, 0.2) is 24.3 Å². The maximum Gasteiger partial charge on any atom is 0.325 e. The third kappa shape index (κ3) is 9.86. The van der Waals surface area contributed by atoms with E-state index in [-0.39, 0.29) is 33.6 Å². The first-order valence-corrected chi connectivity index (χ1v) is 22.8. The average Bonchev–Trinajstić information content (AvgIpc) is 3.33. The highest BCUT2D eigenvalue weighted by Crippen LogP contribution is 2.57. The number of phenolic OH excluding ortho intramolecular Hbond substituents is 3. The normalized spacial score (nSPS) is 33.4. The molecule has 5 aliphatic rings. The Morgan fingerprint density at radius 2 is 1.37 bits per heavy atom. The van der Waals surface area contributed by atoms with Gasteiger partial charge >= 0.3 is 5.97 Å². The number of rotatable bonds is 10. The number of ether oxygens (including phenoxy) is 6. The van der Waals surface area contributed by atoms with E-state index < -0.39 is 185 Å². The number of methoxy groups -OCH3 is 1. The number of aliphatic carboxylic acids is 1. The van der Waals surface area contributed by atoms with Gasteiger partial charge < -0.3 is 111 Å². The number of likely N-dealkylation sites (N-methyl/N-ethyl adjacent to an activating group) is 1. The number of amides is 1. The standard InChI is InChI=1S/C40H44N2O18.C7H14O6/c1-11-6-18-24(31(49)21(11)37(53)42-12(2)38(54)55)23-16(9-17-25(32(23)50)28(46)15-7-14(56-5)8-19(43)22(15)27(17)45)29(47)35(18)59-40-34(52)36(26(41-4)13(3)58-40)60-39-33(51)30(48)20(44)10-57-39;1-2(8)6-4(10)3(9)5(11)7(12)13-6/h6-9,12-13,20,26,29-30,33-36,39-41,43-44,47-52H,10H2,1-5H3,(H,42,53)(H,54,55);2-12H,1H3/t12-,13-,20-,26+,29+,30+,33-,34-,35+,36+,39+,40+;2-,3+,4+,5+,6-,7-/m11/s1. The molecule has 0 unspecified atom stereocenters. The minimum Gasteiger partial charge on any atom is -0.507 e. The van der Waals surface area contributed by atoms with Gasteiger partial charge in [-0.1, -0.05) is 6.07 Å². The lowest BCUT2D eigenvalue weighted by Crippen LogP contribution is -2.65. The number of ketones is 2. The number of hydrogen-bond acceptors (Lipinski definition) is 24. The van der Waals surface area contributed by atoms with E-state index in [9.17, 15) is 75.3 Å². The molecule has 1 amide bonds. The highest BCUT2D eigenvalue weighted by atomic mass is 16.7. The number of hydrogen-bond donors (Lipinski definition) is 16. The van der Waals surface area contributed by atoms with Gasteiger partial charge in [-0.2, -0.15) is 0 Å². The van der Waals surface area contributed by atoms with Crippen molar-refractivity contribution < 1.29 is 119 Å². The number of carbonyl (C=O) groups is 4. The van der Waals surface area contributed by atoms with Gasteiger partial charge in [-0.15, -0.1) is 0 Å². The summed E-state index contributed by atoms with van der Waals surface area (Å²) < 4.78 is 33.6. The molecular formula is C47H58N2O24. The second-order valence-electron chi connectivity index (χ2n) is 18.3. The van der Waals surface area contributed by atoms with Crippen LogP contribution in [0.2, 0.25) is 0 Å². The van der Waals surface area contributed by atoms with Crippen molar-refractivity contribution in [3.05, 3.63) is 68.8 Å². The summed E-state index contributed by atoms with van der Waals surface area (Å²) in [4.78, 5) is 53.3. The van der Waals surface area contributed by atoms with E-state index in [1.165, 1.54) is 47.1 Å². The van der Waals surface area contributed by atoms with Crippen LogP contribution in [0.5, 0.6) is 23.0 Å². The number of carbonyl (C=O) groups excluding carboxylic acids is 3. The molecule has 26 nitrogen and oxygen atoms in total. The van der Waals surface area contributed by atoms with Gasteiger partial charge in [0.05, 0.1) is 48.7 Å². The maximum absolute atomic E-state index is 14.1. The summed E-state index contributed by atoms with van der Waals surface area (Å²) in [5, 5.41) is 150. The lowest BCUT2D eigenvalue weighted by molar-refractivity contribution is -0.339. The number of carboxylic acid groups (broad SMARTS) is 1. The second-order valence-corrected chi connectivity index (χ2v) is 18.3. The average molecular weight is 1030 g/mol. The summed E-state index contributed by atoms with van der Waals surface area (Å²) in [7, 11) is 2.80. The molecule has 3 saturated heterocycles. The van der Waals surface area contributed by atoms with Gasteiger partial charge in [0.15, 0.2) is 30.4 Å². The zero-order chi connectivity index (χ0) is 54.0. The minimum absolute atomic E-state index is 0.0161. The first-order chi connectivity index (χ1) is 34.3. The fourth-order valence-electron chi connectivity index (χ4n) is 9.58. The van der Waals surface area contributed by atoms with Crippen molar-refractivity contribution in [1.29, 1.82) is 0 Å². The molecule has 3 fully saturated rings. The summed E-state index contributed by atoms with van der Waals surface area (Å²) in [5.41, 5.74) is -3.36. The SMILES string of the molecule is CN[C@@H]1[C@H](O[C@@H]2OC[C@@H](O)[C@H](O)[C@H]2O)[C@@H](O)[C@H](O[C@H]2c3cc(C)c(C(=O)N[C@H](C)C(=O)O)c(O)c3-c3c(cc4c(c3O)C(=O)c3cc(OC)cc(O)c3C4=O)[C@@H]2O)O[C@@H]1C.C[C@@H](O)[C@H]1O[C@@H](O)[C@@H](O)[C@@H](O)[C@@H]1O. The molecule has 3 aliphatic heterocycles. The van der Waals surface area contributed by atoms with Gasteiger partial charge in [-0.25, -0.2) is 0 Å². The molecule has 0 saturated carbocycles. The Kier molecular flexibility index (Phi) is 16.2. The first kappa shape index (κ1) is 55.3. The molecule has 3 aromatic rings. The van der Waals surface area contributed by atoms with Crippen molar-refractivity contribution in [2.24, 2.45) is 0 Å².